The maximum absolute atomic E-state index is 11.3. The molecule has 2 N–H and O–H groups in total. The Labute approximate surface area is 163 Å². The van der Waals surface area contributed by atoms with Gasteiger partial charge >= 0.3 is 0 Å². The Morgan fingerprint density at radius 3 is 1.50 bits per heavy atom. The molecule has 0 radical (unpaired) electrons. The van der Waals surface area contributed by atoms with Crippen molar-refractivity contribution in [1.82, 2.24) is 9.80 Å². The predicted octanol–water partition coefficient (Wildman–Crippen LogP) is 4.04. The summed E-state index contributed by atoms with van der Waals surface area (Å²) in [4.78, 5) is 4.92. The van der Waals surface area contributed by atoms with E-state index < -0.39 is 12.2 Å². The van der Waals surface area contributed by atoms with Gasteiger partial charge in [-0.05, 0) is 64.7 Å². The third-order valence-corrected chi connectivity index (χ3v) is 5.98. The average Bonchev–Trinajstić information content (AvgIpc) is 2.64. The van der Waals surface area contributed by atoms with Crippen molar-refractivity contribution in [1.29, 1.82) is 0 Å². The van der Waals surface area contributed by atoms with Gasteiger partial charge in [0.05, 0.1) is 18.2 Å². The van der Waals surface area contributed by atoms with Crippen LogP contribution in [0.5, 0.6) is 0 Å². The summed E-state index contributed by atoms with van der Waals surface area (Å²) in [5.74, 6) is 0. The molecule has 26 heavy (non-hydrogen) atoms. The van der Waals surface area contributed by atoms with Gasteiger partial charge in [0.25, 0.3) is 0 Å². The average molecular weight is 371 g/mol. The second kappa shape index (κ2) is 13.9. The summed E-state index contributed by atoms with van der Waals surface area (Å²) in [5.41, 5.74) is 0. The topological polar surface area (TPSA) is 46.9 Å². The fraction of sp³-hybridized carbons (Fsp3) is 1.00. The molecule has 1 aliphatic rings. The third-order valence-electron chi connectivity index (χ3n) is 5.98. The van der Waals surface area contributed by atoms with Gasteiger partial charge in [-0.15, -0.1) is 0 Å². The molecule has 1 rings (SSSR count). The molecule has 156 valence electrons. The second-order valence-corrected chi connectivity index (χ2v) is 8.18. The lowest BCUT2D eigenvalue weighted by Gasteiger charge is -2.47. The van der Waals surface area contributed by atoms with Crippen LogP contribution in [-0.4, -0.2) is 70.5 Å². The zero-order valence-electron chi connectivity index (χ0n) is 18.0. The Morgan fingerprint density at radius 2 is 1.08 bits per heavy atom. The van der Waals surface area contributed by atoms with Gasteiger partial charge in [-0.2, -0.15) is 0 Å². The smallest absolute Gasteiger partial charge is 0.0875 e. The quantitative estimate of drug-likeness (QED) is 0.484. The summed E-state index contributed by atoms with van der Waals surface area (Å²) in [6.07, 6.45) is 10.2. The van der Waals surface area contributed by atoms with Gasteiger partial charge in [-0.1, -0.05) is 53.4 Å². The minimum Gasteiger partial charge on any atom is -0.391 e. The van der Waals surface area contributed by atoms with E-state index in [4.69, 9.17) is 0 Å². The zero-order valence-corrected chi connectivity index (χ0v) is 18.0. The molecule has 0 bridgehead atoms. The first-order valence-corrected chi connectivity index (χ1v) is 11.4. The summed E-state index contributed by atoms with van der Waals surface area (Å²) in [6, 6.07) is 0.102. The summed E-state index contributed by atoms with van der Waals surface area (Å²) in [7, 11) is 0. The van der Waals surface area contributed by atoms with Crippen LogP contribution in [0.1, 0.15) is 91.9 Å². The molecule has 4 heteroatoms. The lowest BCUT2D eigenvalue weighted by atomic mass is 9.83. The summed E-state index contributed by atoms with van der Waals surface area (Å²) in [5, 5.41) is 22.0. The summed E-state index contributed by atoms with van der Waals surface area (Å²) in [6.45, 7) is 13.0. The first kappa shape index (κ1) is 23.9. The predicted molar refractivity (Wildman–Crippen MR) is 112 cm³/mol. The van der Waals surface area contributed by atoms with Crippen LogP contribution in [0.2, 0.25) is 0 Å². The Balaban J connectivity index is 2.87. The van der Waals surface area contributed by atoms with Crippen LogP contribution in [-0.2, 0) is 0 Å². The largest absolute Gasteiger partial charge is 0.391 e. The molecule has 0 aromatic heterocycles. The molecule has 0 spiro atoms. The van der Waals surface area contributed by atoms with Crippen LogP contribution >= 0.6 is 0 Å². The number of aliphatic hydroxyl groups is 2. The molecule has 1 saturated carbocycles. The second-order valence-electron chi connectivity index (χ2n) is 8.18. The number of aliphatic hydroxyl groups excluding tert-OH is 2. The Bertz CT molecular complexity index is 324. The molecule has 0 aromatic rings. The number of nitrogens with zero attached hydrogens (tertiary/aromatic N) is 2. The van der Waals surface area contributed by atoms with E-state index in [-0.39, 0.29) is 12.1 Å². The number of hydrogen-bond donors (Lipinski definition) is 2. The molecular formula is C22H46N2O2. The fourth-order valence-electron chi connectivity index (χ4n) is 4.29. The summed E-state index contributed by atoms with van der Waals surface area (Å²) >= 11 is 0. The van der Waals surface area contributed by atoms with Gasteiger partial charge in [-0.25, -0.2) is 0 Å². The highest BCUT2D eigenvalue weighted by atomic mass is 16.3. The molecule has 4 unspecified atom stereocenters. The molecule has 0 heterocycles. The van der Waals surface area contributed by atoms with Crippen LogP contribution in [0.15, 0.2) is 0 Å². The van der Waals surface area contributed by atoms with E-state index in [1.807, 2.05) is 0 Å². The van der Waals surface area contributed by atoms with E-state index >= 15 is 0 Å². The van der Waals surface area contributed by atoms with Gasteiger partial charge < -0.3 is 10.2 Å². The normalized spacial score (nSPS) is 26.8. The van der Waals surface area contributed by atoms with Crippen LogP contribution in [0.4, 0.5) is 0 Å². The molecule has 0 saturated heterocycles. The van der Waals surface area contributed by atoms with Gasteiger partial charge in [0.2, 0.25) is 0 Å². The SMILES string of the molecule is CCCCN(CCCC)C1CCC(O)C(N(CCCC)CCCC)C1O. The Kier molecular flexibility index (Phi) is 12.8. The van der Waals surface area contributed by atoms with Crippen LogP contribution in [0.3, 0.4) is 0 Å². The summed E-state index contributed by atoms with van der Waals surface area (Å²) < 4.78 is 0. The van der Waals surface area contributed by atoms with Crippen molar-refractivity contribution >= 4 is 0 Å². The number of rotatable bonds is 14. The number of unbranched alkanes of at least 4 members (excludes halogenated alkanes) is 4. The van der Waals surface area contributed by atoms with Crippen molar-refractivity contribution in [2.45, 2.75) is 116 Å². The molecule has 0 aliphatic heterocycles. The fourth-order valence-corrected chi connectivity index (χ4v) is 4.29. The molecule has 1 aliphatic carbocycles. The van der Waals surface area contributed by atoms with E-state index in [0.717, 1.165) is 64.7 Å². The third kappa shape index (κ3) is 7.46. The minimum absolute atomic E-state index is 0.0994. The van der Waals surface area contributed by atoms with Gasteiger partial charge in [0.15, 0.2) is 0 Å². The lowest BCUT2D eigenvalue weighted by Crippen LogP contribution is -2.62. The maximum atomic E-state index is 11.3. The minimum atomic E-state index is -0.443. The van der Waals surface area contributed by atoms with E-state index in [1.165, 1.54) is 25.7 Å². The highest BCUT2D eigenvalue weighted by Crippen LogP contribution is 2.29. The van der Waals surface area contributed by atoms with Crippen molar-refractivity contribution < 1.29 is 10.2 Å². The number of hydrogen-bond acceptors (Lipinski definition) is 4. The molecule has 0 aromatic carbocycles. The molecule has 4 nitrogen and oxygen atoms in total. The highest BCUT2D eigenvalue weighted by molar-refractivity contribution is 4.98. The molecule has 4 atom stereocenters. The van der Waals surface area contributed by atoms with Crippen molar-refractivity contribution in [3.63, 3.8) is 0 Å². The monoisotopic (exact) mass is 370 g/mol. The molecule has 1 fully saturated rings. The zero-order chi connectivity index (χ0) is 19.4. The van der Waals surface area contributed by atoms with E-state index in [9.17, 15) is 10.2 Å². The highest BCUT2D eigenvalue weighted by Gasteiger charge is 2.42. The molecular weight excluding hydrogens is 324 g/mol. The van der Waals surface area contributed by atoms with Gasteiger partial charge in [0.1, 0.15) is 0 Å². The van der Waals surface area contributed by atoms with E-state index in [1.54, 1.807) is 0 Å². The Hall–Kier alpha value is -0.160. The van der Waals surface area contributed by atoms with Crippen molar-refractivity contribution in [3.8, 4) is 0 Å². The Morgan fingerprint density at radius 1 is 0.654 bits per heavy atom. The lowest BCUT2D eigenvalue weighted by molar-refractivity contribution is -0.0970. The van der Waals surface area contributed by atoms with Crippen LogP contribution in [0, 0.1) is 0 Å². The van der Waals surface area contributed by atoms with Crippen LogP contribution < -0.4 is 0 Å². The van der Waals surface area contributed by atoms with Gasteiger partial charge in [0, 0.05) is 6.04 Å². The van der Waals surface area contributed by atoms with Crippen molar-refractivity contribution in [3.05, 3.63) is 0 Å². The first-order chi connectivity index (χ1) is 12.6. The maximum Gasteiger partial charge on any atom is 0.0875 e. The first-order valence-electron chi connectivity index (χ1n) is 11.4. The van der Waals surface area contributed by atoms with E-state index in [2.05, 4.69) is 37.5 Å². The van der Waals surface area contributed by atoms with Crippen LogP contribution in [0.25, 0.3) is 0 Å². The van der Waals surface area contributed by atoms with E-state index in [0.29, 0.717) is 0 Å². The van der Waals surface area contributed by atoms with Gasteiger partial charge in [-0.3, -0.25) is 9.80 Å². The van der Waals surface area contributed by atoms with Crippen molar-refractivity contribution in [2.24, 2.45) is 0 Å². The van der Waals surface area contributed by atoms with Crippen molar-refractivity contribution in [2.75, 3.05) is 26.2 Å². The molecule has 0 amide bonds. The standard InChI is InChI=1S/C22H46N2O2/c1-5-9-15-23(16-10-6-2)19-13-14-20(25)21(22(19)26)24(17-11-7-3)18-12-8-4/h19-22,25-26H,5-18H2,1-4H3.